The molecule has 5 nitrogen and oxygen atoms in total. The van der Waals surface area contributed by atoms with E-state index in [-0.39, 0.29) is 5.92 Å². The Morgan fingerprint density at radius 3 is 2.70 bits per heavy atom. The highest BCUT2D eigenvalue weighted by molar-refractivity contribution is 6.31. The van der Waals surface area contributed by atoms with Crippen LogP contribution in [0.4, 0.5) is 0 Å². The number of halogens is 1. The van der Waals surface area contributed by atoms with Crippen molar-refractivity contribution in [1.29, 1.82) is 0 Å². The minimum Gasteiger partial charge on any atom is -0.479 e. The maximum atomic E-state index is 12.1. The second-order valence-corrected chi connectivity index (χ2v) is 5.27. The fraction of sp³-hybridized carbons (Fsp3) is 0.429. The Balaban J connectivity index is 2.16. The van der Waals surface area contributed by atoms with Gasteiger partial charge in [-0.15, -0.1) is 0 Å². The average molecular weight is 298 g/mol. The zero-order chi connectivity index (χ0) is 14.7. The fourth-order valence-corrected chi connectivity index (χ4v) is 2.48. The summed E-state index contributed by atoms with van der Waals surface area (Å²) in [4.78, 5) is 23.5. The number of nitrogens with one attached hydrogen (secondary N) is 1. The number of rotatable bonds is 4. The second-order valence-electron chi connectivity index (χ2n) is 4.86. The van der Waals surface area contributed by atoms with E-state index >= 15 is 0 Å². The van der Waals surface area contributed by atoms with Crippen molar-refractivity contribution in [2.45, 2.75) is 25.5 Å². The fourth-order valence-electron chi connectivity index (χ4n) is 2.24. The van der Waals surface area contributed by atoms with Crippen molar-refractivity contribution in [2.75, 3.05) is 6.61 Å². The maximum Gasteiger partial charge on any atom is 0.330 e. The van der Waals surface area contributed by atoms with Crippen LogP contribution in [0.3, 0.4) is 0 Å². The molecule has 1 aromatic carbocycles. The second kappa shape index (κ2) is 6.24. The van der Waals surface area contributed by atoms with Gasteiger partial charge in [-0.25, -0.2) is 4.79 Å². The van der Waals surface area contributed by atoms with E-state index in [1.54, 1.807) is 24.3 Å². The summed E-state index contributed by atoms with van der Waals surface area (Å²) in [6, 6.07) is 5.38. The highest BCUT2D eigenvalue weighted by Gasteiger charge is 2.34. The molecule has 3 atom stereocenters. The minimum absolute atomic E-state index is 0.0793. The number of ether oxygens (including phenoxy) is 1. The Morgan fingerprint density at radius 2 is 2.15 bits per heavy atom. The number of carbonyl (C=O) groups is 2. The SMILES string of the molecule is CC1CCOC1C(=O)N[C@@H](C(=O)O)c1ccccc1Cl. The van der Waals surface area contributed by atoms with Gasteiger partial charge in [0.25, 0.3) is 0 Å². The van der Waals surface area contributed by atoms with Gasteiger partial charge < -0.3 is 15.2 Å². The van der Waals surface area contributed by atoms with Crippen LogP contribution < -0.4 is 5.32 Å². The predicted octanol–water partition coefficient (Wildman–Crippen LogP) is 2.01. The summed E-state index contributed by atoms with van der Waals surface area (Å²) in [5, 5.41) is 12.1. The van der Waals surface area contributed by atoms with Gasteiger partial charge in [-0.2, -0.15) is 0 Å². The third kappa shape index (κ3) is 3.11. The Morgan fingerprint density at radius 1 is 1.45 bits per heavy atom. The molecule has 0 aliphatic carbocycles. The van der Waals surface area contributed by atoms with Gasteiger partial charge in [0.2, 0.25) is 5.91 Å². The highest BCUT2D eigenvalue weighted by Crippen LogP contribution is 2.25. The van der Waals surface area contributed by atoms with Gasteiger partial charge in [0.05, 0.1) is 0 Å². The van der Waals surface area contributed by atoms with Gasteiger partial charge in [-0.05, 0) is 18.4 Å². The van der Waals surface area contributed by atoms with Crippen LogP contribution in [0.25, 0.3) is 0 Å². The van der Waals surface area contributed by atoms with Gasteiger partial charge in [-0.3, -0.25) is 4.79 Å². The number of hydrogen-bond donors (Lipinski definition) is 2. The molecule has 1 saturated heterocycles. The first-order chi connectivity index (χ1) is 9.50. The summed E-state index contributed by atoms with van der Waals surface area (Å²) in [6.07, 6.45) is 0.196. The Hall–Kier alpha value is -1.59. The number of carbonyl (C=O) groups excluding carboxylic acids is 1. The van der Waals surface area contributed by atoms with E-state index in [2.05, 4.69) is 5.32 Å². The zero-order valence-corrected chi connectivity index (χ0v) is 11.8. The Labute approximate surface area is 121 Å². The molecule has 1 aromatic rings. The standard InChI is InChI=1S/C14H16ClNO4/c1-8-6-7-20-12(8)13(17)16-11(14(18)19)9-4-2-3-5-10(9)15/h2-5,8,11-12H,6-7H2,1H3,(H,16,17)(H,18,19)/t8?,11-,12?/m1/s1. The molecule has 6 heteroatoms. The molecule has 0 bridgehead atoms. The number of hydrogen-bond acceptors (Lipinski definition) is 3. The number of carboxylic acid groups (broad SMARTS) is 1. The van der Waals surface area contributed by atoms with E-state index in [1.807, 2.05) is 6.92 Å². The molecule has 2 N–H and O–H groups in total. The average Bonchev–Trinajstić information content (AvgIpc) is 2.83. The van der Waals surface area contributed by atoms with E-state index in [0.717, 1.165) is 6.42 Å². The maximum absolute atomic E-state index is 12.1. The molecule has 1 aliphatic rings. The van der Waals surface area contributed by atoms with Crippen molar-refractivity contribution in [1.82, 2.24) is 5.32 Å². The summed E-state index contributed by atoms with van der Waals surface area (Å²) in [5.74, 6) is -1.49. The molecule has 1 aliphatic heterocycles. The lowest BCUT2D eigenvalue weighted by Gasteiger charge is -2.20. The molecule has 1 fully saturated rings. The van der Waals surface area contributed by atoms with Crippen molar-refractivity contribution in [3.05, 3.63) is 34.9 Å². The summed E-state index contributed by atoms with van der Waals surface area (Å²) < 4.78 is 5.34. The highest BCUT2D eigenvalue weighted by atomic mass is 35.5. The molecule has 0 aromatic heterocycles. The molecule has 2 unspecified atom stereocenters. The molecule has 2 rings (SSSR count). The molecular formula is C14H16ClNO4. The quantitative estimate of drug-likeness (QED) is 0.891. The van der Waals surface area contributed by atoms with Gasteiger partial charge in [0.15, 0.2) is 6.04 Å². The topological polar surface area (TPSA) is 75.6 Å². The molecule has 1 heterocycles. The van der Waals surface area contributed by atoms with Crippen molar-refractivity contribution >= 4 is 23.5 Å². The van der Waals surface area contributed by atoms with Crippen LogP contribution >= 0.6 is 11.6 Å². The lowest BCUT2D eigenvalue weighted by atomic mass is 10.0. The first-order valence-corrected chi connectivity index (χ1v) is 6.77. The lowest BCUT2D eigenvalue weighted by molar-refractivity contribution is -0.144. The Kier molecular flexibility index (Phi) is 4.62. The van der Waals surface area contributed by atoms with Crippen LogP contribution in [0.5, 0.6) is 0 Å². The first-order valence-electron chi connectivity index (χ1n) is 6.40. The van der Waals surface area contributed by atoms with Crippen LogP contribution in [0.15, 0.2) is 24.3 Å². The molecule has 1 amide bonds. The summed E-state index contributed by atoms with van der Waals surface area (Å²) >= 11 is 5.99. The van der Waals surface area contributed by atoms with Crippen molar-refractivity contribution in [3.63, 3.8) is 0 Å². The molecule has 108 valence electrons. The smallest absolute Gasteiger partial charge is 0.330 e. The lowest BCUT2D eigenvalue weighted by Crippen LogP contribution is -2.42. The van der Waals surface area contributed by atoms with Crippen LogP contribution in [-0.2, 0) is 14.3 Å². The van der Waals surface area contributed by atoms with Gasteiger partial charge in [-0.1, -0.05) is 36.7 Å². The molecule has 0 spiro atoms. The molecular weight excluding hydrogens is 282 g/mol. The van der Waals surface area contributed by atoms with Crippen molar-refractivity contribution in [2.24, 2.45) is 5.92 Å². The number of benzene rings is 1. The zero-order valence-electron chi connectivity index (χ0n) is 11.0. The van der Waals surface area contributed by atoms with E-state index in [0.29, 0.717) is 17.2 Å². The van der Waals surface area contributed by atoms with E-state index in [1.165, 1.54) is 0 Å². The number of aliphatic carboxylic acids is 1. The van der Waals surface area contributed by atoms with Gasteiger partial charge in [0.1, 0.15) is 6.10 Å². The van der Waals surface area contributed by atoms with E-state index in [4.69, 9.17) is 16.3 Å². The summed E-state index contributed by atoms with van der Waals surface area (Å²) in [5.41, 5.74) is 0.362. The summed E-state index contributed by atoms with van der Waals surface area (Å²) in [6.45, 7) is 2.42. The largest absolute Gasteiger partial charge is 0.479 e. The monoisotopic (exact) mass is 297 g/mol. The first kappa shape index (κ1) is 14.8. The van der Waals surface area contributed by atoms with Crippen LogP contribution in [0.2, 0.25) is 5.02 Å². The van der Waals surface area contributed by atoms with Crippen LogP contribution in [-0.4, -0.2) is 29.7 Å². The molecule has 0 saturated carbocycles. The molecule has 0 radical (unpaired) electrons. The normalized spacial score (nSPS) is 23.3. The molecule has 20 heavy (non-hydrogen) atoms. The van der Waals surface area contributed by atoms with Crippen LogP contribution in [0, 0.1) is 5.92 Å². The predicted molar refractivity (Wildman–Crippen MR) is 73.5 cm³/mol. The Bertz CT molecular complexity index is 520. The third-order valence-corrected chi connectivity index (χ3v) is 3.74. The van der Waals surface area contributed by atoms with Crippen molar-refractivity contribution < 1.29 is 19.4 Å². The van der Waals surface area contributed by atoms with Gasteiger partial charge >= 0.3 is 5.97 Å². The third-order valence-electron chi connectivity index (χ3n) is 3.40. The van der Waals surface area contributed by atoms with E-state index in [9.17, 15) is 14.7 Å². The van der Waals surface area contributed by atoms with Gasteiger partial charge in [0, 0.05) is 17.2 Å². The van der Waals surface area contributed by atoms with Crippen LogP contribution in [0.1, 0.15) is 24.9 Å². The van der Waals surface area contributed by atoms with Crippen molar-refractivity contribution in [3.8, 4) is 0 Å². The number of carboxylic acids is 1. The van der Waals surface area contributed by atoms with E-state index < -0.39 is 24.0 Å². The summed E-state index contributed by atoms with van der Waals surface area (Å²) in [7, 11) is 0. The number of amides is 1. The minimum atomic E-state index is -1.17.